The number of aromatic nitrogens is 1. The largest absolute Gasteiger partial charge is 0.489 e. The van der Waals surface area contributed by atoms with E-state index in [-0.39, 0.29) is 6.42 Å². The zero-order valence-corrected chi connectivity index (χ0v) is 27.3. The van der Waals surface area contributed by atoms with Crippen LogP contribution in [0, 0.1) is 12.8 Å². The number of methoxy groups -OCH3 is 1. The summed E-state index contributed by atoms with van der Waals surface area (Å²) in [6, 6.07) is 46.6. The highest BCUT2D eigenvalue weighted by Crippen LogP contribution is 2.56. The molecule has 0 saturated heterocycles. The fraction of sp³-hybridized carbons (Fsp3) is 0.167. The van der Waals surface area contributed by atoms with Gasteiger partial charge in [0.15, 0.2) is 5.60 Å². The Bertz CT molecular complexity index is 2010. The minimum atomic E-state index is -1.18. The summed E-state index contributed by atoms with van der Waals surface area (Å²) in [5.74, 6) is -1.04. The number of esters is 1. The molecular weight excluding hydrogens is 612 g/mol. The number of para-hydroxylation sites is 1. The Morgan fingerprint density at radius 1 is 0.776 bits per heavy atom. The Hall–Kier alpha value is -5.79. The molecular formula is C42H36N2O5. The average Bonchev–Trinajstić information content (AvgIpc) is 3.92. The van der Waals surface area contributed by atoms with Crippen molar-refractivity contribution in [3.63, 3.8) is 0 Å². The first kappa shape index (κ1) is 31.8. The van der Waals surface area contributed by atoms with Gasteiger partial charge >= 0.3 is 5.97 Å². The fourth-order valence-corrected chi connectivity index (χ4v) is 6.86. The van der Waals surface area contributed by atoms with E-state index in [1.165, 1.54) is 7.11 Å². The highest BCUT2D eigenvalue weighted by molar-refractivity contribution is 5.98. The van der Waals surface area contributed by atoms with Crippen molar-refractivity contribution in [2.45, 2.75) is 31.0 Å². The molecule has 1 aliphatic carbocycles. The SMILES string of the molecule is COC(=O)[C@]1(c2cccc(OCc3cc(C)nc4ccccc34)c2)C[C@H]1C(=O)NOC(c1ccccc1)(c1ccccc1)c1ccccc1. The number of aryl methyl sites for hydroxylation is 1. The summed E-state index contributed by atoms with van der Waals surface area (Å²) in [4.78, 5) is 38.7. The fourth-order valence-electron chi connectivity index (χ4n) is 6.86. The van der Waals surface area contributed by atoms with Gasteiger partial charge in [0.05, 0.1) is 18.5 Å². The van der Waals surface area contributed by atoms with Crippen LogP contribution < -0.4 is 10.2 Å². The minimum absolute atomic E-state index is 0.265. The molecule has 5 aromatic carbocycles. The Balaban J connectivity index is 1.16. The van der Waals surface area contributed by atoms with Crippen LogP contribution in [0.4, 0.5) is 0 Å². The third-order valence-corrected chi connectivity index (χ3v) is 9.35. The molecule has 1 amide bonds. The zero-order valence-electron chi connectivity index (χ0n) is 27.3. The highest BCUT2D eigenvalue weighted by atomic mass is 16.7. The number of nitrogens with zero attached hydrogens (tertiary/aromatic N) is 1. The van der Waals surface area contributed by atoms with E-state index in [2.05, 4.69) is 10.5 Å². The van der Waals surface area contributed by atoms with Crippen LogP contribution >= 0.6 is 0 Å². The molecule has 0 bridgehead atoms. The van der Waals surface area contributed by atoms with Crippen LogP contribution in [0.15, 0.2) is 146 Å². The van der Waals surface area contributed by atoms with Crippen LogP contribution in [0.1, 0.15) is 39.9 Å². The number of amides is 1. The molecule has 0 unspecified atom stereocenters. The molecule has 0 aliphatic heterocycles. The topological polar surface area (TPSA) is 86.8 Å². The van der Waals surface area contributed by atoms with E-state index in [0.717, 1.165) is 38.9 Å². The summed E-state index contributed by atoms with van der Waals surface area (Å²) in [5, 5.41) is 1.02. The maximum Gasteiger partial charge on any atom is 0.317 e. The standard InChI is InChI=1S/C42H36N2O5/c1-29-25-30(36-23-12-13-24-38(36)43-29)28-48-35-22-14-21-34(26-35)41(40(46)47-2)27-37(41)39(45)44-49-42(31-15-6-3-7-16-31,32-17-8-4-9-18-32)33-19-10-5-11-20-33/h3-26,37H,27-28H2,1-2H3,(H,44,45)/t37-,41-/m0/s1. The van der Waals surface area contributed by atoms with Crippen LogP contribution in [0.5, 0.6) is 5.75 Å². The van der Waals surface area contributed by atoms with Crippen LogP contribution in [0.3, 0.4) is 0 Å². The molecule has 1 aliphatic rings. The molecule has 7 nitrogen and oxygen atoms in total. The van der Waals surface area contributed by atoms with Gasteiger partial charge in [-0.3, -0.25) is 19.4 Å². The maximum absolute atomic E-state index is 14.0. The summed E-state index contributed by atoms with van der Waals surface area (Å²) in [6.07, 6.45) is 0.265. The van der Waals surface area contributed by atoms with E-state index in [1.54, 1.807) is 0 Å². The molecule has 49 heavy (non-hydrogen) atoms. The third-order valence-electron chi connectivity index (χ3n) is 9.35. The first-order valence-electron chi connectivity index (χ1n) is 16.3. The molecule has 2 atom stereocenters. The van der Waals surface area contributed by atoms with E-state index < -0.39 is 28.8 Å². The first-order valence-corrected chi connectivity index (χ1v) is 16.3. The van der Waals surface area contributed by atoms with Crippen molar-refractivity contribution in [1.82, 2.24) is 10.5 Å². The predicted molar refractivity (Wildman–Crippen MR) is 187 cm³/mol. The van der Waals surface area contributed by atoms with Crippen molar-refractivity contribution in [1.29, 1.82) is 0 Å². The number of pyridine rings is 1. The number of fused-ring (bicyclic) bond motifs is 1. The minimum Gasteiger partial charge on any atom is -0.489 e. The smallest absolute Gasteiger partial charge is 0.317 e. The van der Waals surface area contributed by atoms with Crippen molar-refractivity contribution in [3.05, 3.63) is 179 Å². The van der Waals surface area contributed by atoms with Gasteiger partial charge in [-0.15, -0.1) is 0 Å². The maximum atomic E-state index is 14.0. The molecule has 1 heterocycles. The van der Waals surface area contributed by atoms with E-state index in [1.807, 2.05) is 153 Å². The Morgan fingerprint density at radius 2 is 1.37 bits per heavy atom. The van der Waals surface area contributed by atoms with Gasteiger partial charge in [0, 0.05) is 16.6 Å². The monoisotopic (exact) mass is 648 g/mol. The third kappa shape index (κ3) is 5.94. The van der Waals surface area contributed by atoms with Crippen LogP contribution in [0.25, 0.3) is 10.9 Å². The van der Waals surface area contributed by atoms with E-state index >= 15 is 0 Å². The molecule has 0 radical (unpaired) electrons. The molecule has 6 aromatic rings. The quantitative estimate of drug-likeness (QED) is 0.0885. The second-order valence-electron chi connectivity index (χ2n) is 12.3. The lowest BCUT2D eigenvalue weighted by Crippen LogP contribution is -2.42. The van der Waals surface area contributed by atoms with Gasteiger partial charge in [0.25, 0.3) is 0 Å². The van der Waals surface area contributed by atoms with Crippen molar-refractivity contribution in [2.24, 2.45) is 5.92 Å². The van der Waals surface area contributed by atoms with E-state index in [9.17, 15) is 9.59 Å². The molecule has 0 spiro atoms. The van der Waals surface area contributed by atoms with E-state index in [0.29, 0.717) is 17.9 Å². The predicted octanol–water partition coefficient (Wildman–Crippen LogP) is 7.59. The Morgan fingerprint density at radius 3 is 1.98 bits per heavy atom. The highest BCUT2D eigenvalue weighted by Gasteiger charge is 2.66. The first-order chi connectivity index (χ1) is 24.0. The van der Waals surface area contributed by atoms with Crippen LogP contribution in [-0.2, 0) is 36.8 Å². The number of carbonyl (C=O) groups is 2. The van der Waals surface area contributed by atoms with E-state index in [4.69, 9.17) is 14.3 Å². The molecule has 7 heteroatoms. The van der Waals surface area contributed by atoms with Gasteiger partial charge in [-0.05, 0) is 59.9 Å². The molecule has 1 N–H and O–H groups in total. The molecule has 1 saturated carbocycles. The lowest BCUT2D eigenvalue weighted by Gasteiger charge is -2.35. The number of carbonyl (C=O) groups excluding carboxylic acids is 2. The number of hydrogen-bond donors (Lipinski definition) is 1. The average molecular weight is 649 g/mol. The van der Waals surface area contributed by atoms with Gasteiger partial charge in [-0.2, -0.15) is 0 Å². The summed E-state index contributed by atoms with van der Waals surface area (Å²) in [5.41, 5.74) is 6.42. The van der Waals surface area contributed by atoms with Crippen LogP contribution in [-0.4, -0.2) is 24.0 Å². The molecule has 244 valence electrons. The number of nitrogens with one attached hydrogen (secondary N) is 1. The van der Waals surface area contributed by atoms with Gasteiger partial charge in [-0.25, -0.2) is 5.48 Å². The zero-order chi connectivity index (χ0) is 33.8. The number of ether oxygens (including phenoxy) is 2. The van der Waals surface area contributed by atoms with Crippen molar-refractivity contribution in [2.75, 3.05) is 7.11 Å². The Kier molecular flexibility index (Phi) is 8.68. The van der Waals surface area contributed by atoms with Gasteiger partial charge in [0.2, 0.25) is 5.91 Å². The summed E-state index contributed by atoms with van der Waals surface area (Å²) >= 11 is 0. The van der Waals surface area contributed by atoms with Crippen molar-refractivity contribution in [3.8, 4) is 5.75 Å². The summed E-state index contributed by atoms with van der Waals surface area (Å²) in [6.45, 7) is 2.28. The number of rotatable bonds is 11. The molecule has 1 aromatic heterocycles. The lowest BCUT2D eigenvalue weighted by molar-refractivity contribution is -0.150. The van der Waals surface area contributed by atoms with Crippen molar-refractivity contribution >= 4 is 22.8 Å². The number of hydrogen-bond acceptors (Lipinski definition) is 6. The molecule has 1 fully saturated rings. The van der Waals surface area contributed by atoms with Gasteiger partial charge in [-0.1, -0.05) is 121 Å². The molecule has 7 rings (SSSR count). The Labute approximate surface area is 285 Å². The summed E-state index contributed by atoms with van der Waals surface area (Å²) in [7, 11) is 1.34. The van der Waals surface area contributed by atoms with Gasteiger partial charge < -0.3 is 9.47 Å². The lowest BCUT2D eigenvalue weighted by atomic mass is 9.80. The number of benzene rings is 5. The van der Waals surface area contributed by atoms with Crippen molar-refractivity contribution < 1.29 is 23.9 Å². The van der Waals surface area contributed by atoms with Crippen LogP contribution in [0.2, 0.25) is 0 Å². The second kappa shape index (κ2) is 13.4. The number of hydroxylamine groups is 1. The second-order valence-corrected chi connectivity index (χ2v) is 12.3. The van der Waals surface area contributed by atoms with Gasteiger partial charge in [0.1, 0.15) is 17.8 Å². The normalized spacial score (nSPS) is 16.9. The summed E-state index contributed by atoms with van der Waals surface area (Å²) < 4.78 is 11.6.